The largest absolute Gasteiger partial charge is 0.388 e. The van der Waals surface area contributed by atoms with E-state index in [1.54, 1.807) is 0 Å². The van der Waals surface area contributed by atoms with Crippen molar-refractivity contribution in [2.45, 2.75) is 27.2 Å². The summed E-state index contributed by atoms with van der Waals surface area (Å²) in [5.41, 5.74) is -0.179. The van der Waals surface area contributed by atoms with Crippen LogP contribution >= 0.6 is 0 Å². The van der Waals surface area contributed by atoms with Crippen LogP contribution in [0.3, 0.4) is 0 Å². The van der Waals surface area contributed by atoms with Crippen LogP contribution in [-0.4, -0.2) is 23.3 Å². The van der Waals surface area contributed by atoms with Gasteiger partial charge >= 0.3 is 0 Å². The monoisotopic (exact) mass is 158 g/mol. The minimum absolute atomic E-state index is 0.179. The summed E-state index contributed by atoms with van der Waals surface area (Å²) in [6.07, 6.45) is 0.201. The molecule has 0 saturated carbocycles. The van der Waals surface area contributed by atoms with Crippen LogP contribution in [0.5, 0.6) is 0 Å². The highest BCUT2D eigenvalue weighted by Crippen LogP contribution is 2.18. The Morgan fingerprint density at radius 2 is 1.64 bits per heavy atom. The third-order valence-electron chi connectivity index (χ3n) is 1.15. The van der Waals surface area contributed by atoms with Crippen LogP contribution < -0.4 is 0 Å². The van der Waals surface area contributed by atoms with Gasteiger partial charge in [-0.3, -0.25) is 9.59 Å². The predicted molar refractivity (Wildman–Crippen MR) is 41.2 cm³/mol. The van der Waals surface area contributed by atoms with Crippen molar-refractivity contribution in [2.24, 2.45) is 5.41 Å². The van der Waals surface area contributed by atoms with Gasteiger partial charge in [-0.15, -0.1) is 0 Å². The number of rotatable bonds is 3. The van der Waals surface area contributed by atoms with Crippen molar-refractivity contribution in [3.05, 3.63) is 0 Å². The van der Waals surface area contributed by atoms with E-state index in [2.05, 4.69) is 0 Å². The fourth-order valence-electron chi connectivity index (χ4n) is 0.668. The van der Waals surface area contributed by atoms with E-state index < -0.39 is 18.2 Å². The van der Waals surface area contributed by atoms with E-state index in [0.29, 0.717) is 0 Å². The van der Waals surface area contributed by atoms with Gasteiger partial charge < -0.3 is 5.11 Å². The first-order chi connectivity index (χ1) is 4.87. The highest BCUT2D eigenvalue weighted by molar-refractivity contribution is 6.37. The molecule has 11 heavy (non-hydrogen) atoms. The van der Waals surface area contributed by atoms with Crippen LogP contribution in [0.25, 0.3) is 0 Å². The maximum atomic E-state index is 10.9. The zero-order valence-corrected chi connectivity index (χ0v) is 7.18. The van der Waals surface area contributed by atoms with Crippen molar-refractivity contribution in [3.63, 3.8) is 0 Å². The van der Waals surface area contributed by atoms with Crippen molar-refractivity contribution >= 4 is 11.6 Å². The average molecular weight is 158 g/mol. The first kappa shape index (κ1) is 10.3. The van der Waals surface area contributed by atoms with Gasteiger partial charge in [-0.1, -0.05) is 20.8 Å². The summed E-state index contributed by atoms with van der Waals surface area (Å²) in [6, 6.07) is 0. The number of hydrogen-bond acceptors (Lipinski definition) is 3. The summed E-state index contributed by atoms with van der Waals surface area (Å²) in [5.74, 6) is -1.18. The van der Waals surface area contributed by atoms with Crippen molar-refractivity contribution in [1.29, 1.82) is 0 Å². The summed E-state index contributed by atoms with van der Waals surface area (Å²) in [5, 5.41) is 8.33. The summed E-state index contributed by atoms with van der Waals surface area (Å²) in [4.78, 5) is 21.5. The van der Waals surface area contributed by atoms with Crippen LogP contribution in [0.1, 0.15) is 27.2 Å². The summed E-state index contributed by atoms with van der Waals surface area (Å²) >= 11 is 0. The fourth-order valence-corrected chi connectivity index (χ4v) is 0.668. The number of hydrogen-bond donors (Lipinski definition) is 1. The Hall–Kier alpha value is -0.700. The van der Waals surface area contributed by atoms with E-state index in [1.165, 1.54) is 0 Å². The SMILES string of the molecule is CC(C)(C)CC(=O)C(=O)CO. The zero-order chi connectivity index (χ0) is 9.07. The minimum Gasteiger partial charge on any atom is -0.388 e. The number of carbonyl (C=O) groups is 2. The number of ketones is 2. The van der Waals surface area contributed by atoms with Gasteiger partial charge in [-0.05, 0) is 5.41 Å². The quantitative estimate of drug-likeness (QED) is 0.610. The normalized spacial score (nSPS) is 11.3. The van der Waals surface area contributed by atoms with E-state index >= 15 is 0 Å². The molecule has 0 unspecified atom stereocenters. The minimum atomic E-state index is -0.695. The zero-order valence-electron chi connectivity index (χ0n) is 7.18. The van der Waals surface area contributed by atoms with Gasteiger partial charge in [0, 0.05) is 6.42 Å². The van der Waals surface area contributed by atoms with Gasteiger partial charge in [0.2, 0.25) is 11.6 Å². The number of aliphatic hydroxyl groups excluding tert-OH is 1. The molecule has 0 amide bonds. The second-order valence-corrected chi connectivity index (χ2v) is 3.74. The van der Waals surface area contributed by atoms with Crippen molar-refractivity contribution < 1.29 is 14.7 Å². The van der Waals surface area contributed by atoms with Crippen LogP contribution in [0.2, 0.25) is 0 Å². The highest BCUT2D eigenvalue weighted by Gasteiger charge is 2.20. The lowest BCUT2D eigenvalue weighted by molar-refractivity contribution is -0.139. The highest BCUT2D eigenvalue weighted by atomic mass is 16.3. The summed E-state index contributed by atoms with van der Waals surface area (Å²) in [7, 11) is 0. The second kappa shape index (κ2) is 3.62. The Morgan fingerprint density at radius 3 is 1.91 bits per heavy atom. The molecule has 3 heteroatoms. The van der Waals surface area contributed by atoms with Gasteiger partial charge in [-0.25, -0.2) is 0 Å². The lowest BCUT2D eigenvalue weighted by Gasteiger charge is -2.15. The molecule has 0 aliphatic carbocycles. The summed E-state index contributed by atoms with van der Waals surface area (Å²) < 4.78 is 0. The molecule has 0 radical (unpaired) electrons. The molecule has 0 rings (SSSR count). The maximum absolute atomic E-state index is 10.9. The van der Waals surface area contributed by atoms with Gasteiger partial charge in [-0.2, -0.15) is 0 Å². The molecule has 0 aromatic carbocycles. The molecule has 0 aromatic rings. The molecule has 0 saturated heterocycles. The average Bonchev–Trinajstić information content (AvgIpc) is 1.82. The van der Waals surface area contributed by atoms with E-state index in [0.717, 1.165) is 0 Å². The molecular weight excluding hydrogens is 144 g/mol. The predicted octanol–water partition coefficient (Wildman–Crippen LogP) is 0.553. The molecule has 0 aliphatic rings. The molecule has 3 nitrogen and oxygen atoms in total. The smallest absolute Gasteiger partial charge is 0.223 e. The molecule has 1 N–H and O–H groups in total. The topological polar surface area (TPSA) is 54.4 Å². The first-order valence-corrected chi connectivity index (χ1v) is 3.54. The Morgan fingerprint density at radius 1 is 1.18 bits per heavy atom. The molecule has 0 spiro atoms. The van der Waals surface area contributed by atoms with Crippen molar-refractivity contribution in [1.82, 2.24) is 0 Å². The van der Waals surface area contributed by atoms with Gasteiger partial charge in [0.1, 0.15) is 6.61 Å². The lowest BCUT2D eigenvalue weighted by Crippen LogP contribution is -2.23. The number of carbonyl (C=O) groups excluding carboxylic acids is 2. The molecule has 0 aliphatic heterocycles. The van der Waals surface area contributed by atoms with Gasteiger partial charge in [0.05, 0.1) is 0 Å². The second-order valence-electron chi connectivity index (χ2n) is 3.74. The Balaban J connectivity index is 3.99. The molecule has 0 aromatic heterocycles. The van der Waals surface area contributed by atoms with Gasteiger partial charge in [0.15, 0.2) is 0 Å². The van der Waals surface area contributed by atoms with Crippen LogP contribution in [0.4, 0.5) is 0 Å². The third kappa shape index (κ3) is 4.67. The lowest BCUT2D eigenvalue weighted by atomic mass is 9.89. The Bertz CT molecular complexity index is 165. The van der Waals surface area contributed by atoms with Gasteiger partial charge in [0.25, 0.3) is 0 Å². The summed E-state index contributed by atoms with van der Waals surface area (Å²) in [6.45, 7) is 4.94. The molecular formula is C8H14O3. The van der Waals surface area contributed by atoms with E-state index in [-0.39, 0.29) is 11.8 Å². The van der Waals surface area contributed by atoms with Crippen molar-refractivity contribution in [2.75, 3.05) is 6.61 Å². The Labute approximate surface area is 66.4 Å². The number of aliphatic hydroxyl groups is 1. The third-order valence-corrected chi connectivity index (χ3v) is 1.15. The van der Waals surface area contributed by atoms with Crippen LogP contribution in [0, 0.1) is 5.41 Å². The fraction of sp³-hybridized carbons (Fsp3) is 0.750. The molecule has 0 bridgehead atoms. The van der Waals surface area contributed by atoms with E-state index in [4.69, 9.17) is 5.11 Å². The standard InChI is InChI=1S/C8H14O3/c1-8(2,3)4-6(10)7(11)5-9/h9H,4-5H2,1-3H3. The van der Waals surface area contributed by atoms with Crippen LogP contribution in [0.15, 0.2) is 0 Å². The molecule has 0 atom stereocenters. The number of Topliss-reactive ketones (excluding diaryl/α,β-unsaturated/α-hetero) is 2. The van der Waals surface area contributed by atoms with Crippen LogP contribution in [-0.2, 0) is 9.59 Å². The van der Waals surface area contributed by atoms with E-state index in [1.807, 2.05) is 20.8 Å². The van der Waals surface area contributed by atoms with Crippen molar-refractivity contribution in [3.8, 4) is 0 Å². The molecule has 0 heterocycles. The molecule has 64 valence electrons. The van der Waals surface area contributed by atoms with E-state index in [9.17, 15) is 9.59 Å². The Kier molecular flexibility index (Phi) is 3.39. The molecule has 0 fully saturated rings. The maximum Gasteiger partial charge on any atom is 0.223 e. The first-order valence-electron chi connectivity index (χ1n) is 3.54.